The third-order valence-corrected chi connectivity index (χ3v) is 5.02. The Morgan fingerprint density at radius 3 is 2.56 bits per heavy atom. The smallest absolute Gasteiger partial charge is 0.322 e. The van der Waals surface area contributed by atoms with E-state index in [1.807, 2.05) is 0 Å². The van der Waals surface area contributed by atoms with Gasteiger partial charge >= 0.3 is 6.03 Å². The first kappa shape index (κ1) is 17.1. The van der Waals surface area contributed by atoms with Crippen LogP contribution in [0.5, 0.6) is 0 Å². The highest BCUT2D eigenvalue weighted by atomic mass is 16.2. The van der Waals surface area contributed by atoms with E-state index in [1.165, 1.54) is 11.0 Å². The van der Waals surface area contributed by atoms with Crippen molar-refractivity contribution < 1.29 is 14.4 Å². The van der Waals surface area contributed by atoms with Gasteiger partial charge < -0.3 is 5.32 Å². The molecule has 1 aliphatic carbocycles. The van der Waals surface area contributed by atoms with Crippen LogP contribution in [0.15, 0.2) is 30.6 Å². The number of benzene rings is 1. The minimum Gasteiger partial charge on any atom is -0.322 e. The van der Waals surface area contributed by atoms with Crippen LogP contribution in [0.4, 0.5) is 4.79 Å². The van der Waals surface area contributed by atoms with Crippen LogP contribution in [0.1, 0.15) is 37.7 Å². The van der Waals surface area contributed by atoms with Crippen LogP contribution in [0.25, 0.3) is 5.69 Å². The molecule has 4 rings (SSSR count). The Kier molecular flexibility index (Phi) is 4.30. The first-order chi connectivity index (χ1) is 13.1. The quantitative estimate of drug-likeness (QED) is 0.757. The zero-order valence-electron chi connectivity index (χ0n) is 14.6. The van der Waals surface area contributed by atoms with Crippen molar-refractivity contribution in [1.82, 2.24) is 36.0 Å². The number of hydrazine groups is 1. The Labute approximate surface area is 154 Å². The Bertz CT molecular complexity index is 857. The van der Waals surface area contributed by atoms with Crippen LogP contribution in [0.2, 0.25) is 0 Å². The molecular weight excluding hydrogens is 350 g/mol. The van der Waals surface area contributed by atoms with Crippen LogP contribution < -0.4 is 10.7 Å². The lowest BCUT2D eigenvalue weighted by Gasteiger charge is -2.30. The lowest BCUT2D eigenvalue weighted by atomic mass is 9.82. The highest BCUT2D eigenvalue weighted by molar-refractivity contribution is 6.08. The average Bonchev–Trinajstić information content (AvgIpc) is 3.27. The summed E-state index contributed by atoms with van der Waals surface area (Å²) in [6, 6.07) is 6.54. The molecule has 2 aromatic rings. The van der Waals surface area contributed by atoms with Gasteiger partial charge in [0.1, 0.15) is 11.9 Å². The molecule has 1 aromatic heterocycles. The van der Waals surface area contributed by atoms with Gasteiger partial charge in [0, 0.05) is 0 Å². The molecule has 1 aromatic carbocycles. The van der Waals surface area contributed by atoms with E-state index in [0.717, 1.165) is 35.5 Å². The standard InChI is InChI=1S/C17H19N7O3/c25-14(10-12-4-6-13(7-5-12)23-11-18-21-22-23)20-24-15(26)17(19-16(24)27)8-2-1-3-9-17/h4-7,11H,1-3,8-10H2,(H,19,27)(H,20,25). The molecule has 10 nitrogen and oxygen atoms in total. The maximum absolute atomic E-state index is 12.7. The van der Waals surface area contributed by atoms with Crippen molar-refractivity contribution in [3.05, 3.63) is 36.2 Å². The summed E-state index contributed by atoms with van der Waals surface area (Å²) in [7, 11) is 0. The van der Waals surface area contributed by atoms with E-state index in [2.05, 4.69) is 26.3 Å². The van der Waals surface area contributed by atoms with Gasteiger partial charge in [0.05, 0.1) is 12.1 Å². The number of amides is 4. The molecule has 2 heterocycles. The summed E-state index contributed by atoms with van der Waals surface area (Å²) in [6.07, 6.45) is 5.58. The van der Waals surface area contributed by atoms with Gasteiger partial charge in [-0.2, -0.15) is 5.01 Å². The summed E-state index contributed by atoms with van der Waals surface area (Å²) in [5.74, 6) is -0.795. The number of urea groups is 1. The number of nitrogens with one attached hydrogen (secondary N) is 2. The molecule has 2 fully saturated rings. The molecule has 2 aliphatic rings. The fraction of sp³-hybridized carbons (Fsp3) is 0.412. The van der Waals surface area contributed by atoms with Crippen LogP contribution in [-0.4, -0.2) is 48.6 Å². The molecular formula is C17H19N7O3. The van der Waals surface area contributed by atoms with E-state index in [9.17, 15) is 14.4 Å². The van der Waals surface area contributed by atoms with Gasteiger partial charge in [0.25, 0.3) is 5.91 Å². The van der Waals surface area contributed by atoms with Gasteiger partial charge in [0.2, 0.25) is 5.91 Å². The molecule has 4 amide bonds. The van der Waals surface area contributed by atoms with Gasteiger partial charge in [-0.15, -0.1) is 5.10 Å². The SMILES string of the molecule is O=C(Cc1ccc(-n2cnnn2)cc1)NN1C(=O)NC2(CCCCC2)C1=O. The summed E-state index contributed by atoms with van der Waals surface area (Å²) < 4.78 is 1.50. The normalized spacial score (nSPS) is 18.6. The first-order valence-electron chi connectivity index (χ1n) is 8.86. The van der Waals surface area contributed by atoms with Gasteiger partial charge in [0.15, 0.2) is 0 Å². The second-order valence-corrected chi connectivity index (χ2v) is 6.85. The number of aromatic nitrogens is 4. The number of hydrogen-bond acceptors (Lipinski definition) is 6. The molecule has 0 atom stereocenters. The Morgan fingerprint density at radius 1 is 1.15 bits per heavy atom. The Morgan fingerprint density at radius 2 is 1.89 bits per heavy atom. The molecule has 1 saturated carbocycles. The zero-order valence-corrected chi connectivity index (χ0v) is 14.6. The largest absolute Gasteiger partial charge is 0.344 e. The van der Waals surface area contributed by atoms with E-state index < -0.39 is 17.5 Å². The minimum absolute atomic E-state index is 0.0416. The molecule has 0 bridgehead atoms. The molecule has 0 unspecified atom stereocenters. The second kappa shape index (κ2) is 6.78. The summed E-state index contributed by atoms with van der Waals surface area (Å²) in [4.78, 5) is 37.2. The van der Waals surface area contributed by atoms with Crippen molar-refractivity contribution in [2.24, 2.45) is 0 Å². The van der Waals surface area contributed by atoms with E-state index >= 15 is 0 Å². The number of nitrogens with zero attached hydrogens (tertiary/aromatic N) is 5. The summed E-state index contributed by atoms with van der Waals surface area (Å²) in [6.45, 7) is 0. The monoisotopic (exact) mass is 369 g/mol. The van der Waals surface area contributed by atoms with Crippen molar-refractivity contribution in [2.75, 3.05) is 0 Å². The number of carbonyl (C=O) groups excluding carboxylic acids is 3. The molecule has 27 heavy (non-hydrogen) atoms. The zero-order chi connectivity index (χ0) is 18.9. The molecule has 140 valence electrons. The Balaban J connectivity index is 1.39. The van der Waals surface area contributed by atoms with Crippen LogP contribution in [0.3, 0.4) is 0 Å². The molecule has 0 radical (unpaired) electrons. The van der Waals surface area contributed by atoms with Crippen LogP contribution in [-0.2, 0) is 16.0 Å². The summed E-state index contributed by atoms with van der Waals surface area (Å²) in [5.41, 5.74) is 3.09. The fourth-order valence-corrected chi connectivity index (χ4v) is 3.61. The number of carbonyl (C=O) groups is 3. The number of tetrazole rings is 1. The van der Waals surface area contributed by atoms with Gasteiger partial charge in [-0.25, -0.2) is 9.48 Å². The Hall–Kier alpha value is -3.30. The highest BCUT2D eigenvalue weighted by Gasteiger charge is 2.52. The molecule has 2 N–H and O–H groups in total. The third-order valence-electron chi connectivity index (χ3n) is 5.02. The first-order valence-corrected chi connectivity index (χ1v) is 8.86. The van der Waals surface area contributed by atoms with Gasteiger partial charge in [-0.3, -0.25) is 15.0 Å². The summed E-state index contributed by atoms with van der Waals surface area (Å²) in [5, 5.41) is 14.5. The number of imide groups is 1. The van der Waals surface area contributed by atoms with Crippen molar-refractivity contribution in [3.63, 3.8) is 0 Å². The van der Waals surface area contributed by atoms with E-state index in [4.69, 9.17) is 0 Å². The summed E-state index contributed by atoms with van der Waals surface area (Å²) >= 11 is 0. The highest BCUT2D eigenvalue weighted by Crippen LogP contribution is 2.32. The van der Waals surface area contributed by atoms with E-state index in [1.54, 1.807) is 24.3 Å². The predicted octanol–water partition coefficient (Wildman–Crippen LogP) is 0.491. The number of hydrogen-bond donors (Lipinski definition) is 2. The van der Waals surface area contributed by atoms with E-state index in [0.29, 0.717) is 12.8 Å². The predicted molar refractivity (Wildman–Crippen MR) is 92.2 cm³/mol. The molecule has 1 aliphatic heterocycles. The maximum Gasteiger partial charge on any atom is 0.344 e. The van der Waals surface area contributed by atoms with E-state index in [-0.39, 0.29) is 12.3 Å². The second-order valence-electron chi connectivity index (χ2n) is 6.85. The van der Waals surface area contributed by atoms with Crippen molar-refractivity contribution in [1.29, 1.82) is 0 Å². The lowest BCUT2D eigenvalue weighted by molar-refractivity contribution is -0.139. The average molecular weight is 369 g/mol. The molecule has 10 heteroatoms. The van der Waals surface area contributed by atoms with Gasteiger partial charge in [-0.1, -0.05) is 31.4 Å². The van der Waals surface area contributed by atoms with Crippen molar-refractivity contribution >= 4 is 17.8 Å². The van der Waals surface area contributed by atoms with Crippen molar-refractivity contribution in [2.45, 2.75) is 44.1 Å². The fourth-order valence-electron chi connectivity index (χ4n) is 3.61. The molecule has 1 spiro atoms. The third kappa shape index (κ3) is 3.25. The number of rotatable bonds is 4. The topological polar surface area (TPSA) is 122 Å². The minimum atomic E-state index is -0.851. The molecule has 1 saturated heterocycles. The van der Waals surface area contributed by atoms with Crippen molar-refractivity contribution in [3.8, 4) is 5.69 Å². The maximum atomic E-state index is 12.7. The van der Waals surface area contributed by atoms with Gasteiger partial charge in [-0.05, 0) is 41.0 Å². The lowest BCUT2D eigenvalue weighted by Crippen LogP contribution is -2.51. The van der Waals surface area contributed by atoms with Crippen LogP contribution >= 0.6 is 0 Å². The van der Waals surface area contributed by atoms with Crippen LogP contribution in [0, 0.1) is 0 Å².